The molecule has 0 fully saturated rings. The number of rotatable bonds is 2. The Kier molecular flexibility index (Phi) is 3.76. The van der Waals surface area contributed by atoms with E-state index >= 15 is 0 Å². The Morgan fingerprint density at radius 2 is 1.38 bits per heavy atom. The second-order valence-corrected chi connectivity index (χ2v) is 4.75. The fourth-order valence-electron chi connectivity index (χ4n) is 2.02. The molecular formula is C15H11F5O. The standard InChI is InChI=1S/C15H11F5O/c1-14(21,11-3-2-4-12(16)13(11)17)9-5-7-10(8-6-9)15(18,19)20/h2-8,21H,1H3. The topological polar surface area (TPSA) is 20.2 Å². The Morgan fingerprint density at radius 1 is 0.857 bits per heavy atom. The van der Waals surface area contributed by atoms with Gasteiger partial charge in [0.05, 0.1) is 5.56 Å². The van der Waals surface area contributed by atoms with Crippen LogP contribution in [0.3, 0.4) is 0 Å². The van der Waals surface area contributed by atoms with E-state index in [1.807, 2.05) is 0 Å². The minimum Gasteiger partial charge on any atom is -0.381 e. The molecule has 0 saturated heterocycles. The highest BCUT2D eigenvalue weighted by molar-refractivity contribution is 5.38. The number of hydrogen-bond acceptors (Lipinski definition) is 1. The smallest absolute Gasteiger partial charge is 0.381 e. The van der Waals surface area contributed by atoms with Crippen LogP contribution in [0.5, 0.6) is 0 Å². The highest BCUT2D eigenvalue weighted by Crippen LogP contribution is 2.34. The van der Waals surface area contributed by atoms with Gasteiger partial charge in [0.1, 0.15) is 5.60 Å². The van der Waals surface area contributed by atoms with Crippen LogP contribution in [0.4, 0.5) is 22.0 Å². The second kappa shape index (κ2) is 5.11. The maximum absolute atomic E-state index is 13.7. The summed E-state index contributed by atoms with van der Waals surface area (Å²) in [6.07, 6.45) is -4.51. The summed E-state index contributed by atoms with van der Waals surface area (Å²) in [7, 11) is 0. The van der Waals surface area contributed by atoms with Crippen molar-refractivity contribution in [2.45, 2.75) is 18.7 Å². The summed E-state index contributed by atoms with van der Waals surface area (Å²) in [6.45, 7) is 1.19. The van der Waals surface area contributed by atoms with Crippen LogP contribution in [0.1, 0.15) is 23.6 Å². The van der Waals surface area contributed by atoms with Gasteiger partial charge in [0.25, 0.3) is 0 Å². The van der Waals surface area contributed by atoms with Crippen LogP contribution in [0, 0.1) is 11.6 Å². The van der Waals surface area contributed by atoms with Gasteiger partial charge in [0.2, 0.25) is 0 Å². The van der Waals surface area contributed by atoms with Crippen LogP contribution in [-0.4, -0.2) is 5.11 Å². The zero-order chi connectivity index (χ0) is 15.8. The van der Waals surface area contributed by atoms with Crippen LogP contribution in [-0.2, 0) is 11.8 Å². The quantitative estimate of drug-likeness (QED) is 0.823. The maximum atomic E-state index is 13.7. The molecular weight excluding hydrogens is 291 g/mol. The molecule has 1 unspecified atom stereocenters. The summed E-state index contributed by atoms with van der Waals surface area (Å²) in [5.41, 5.74) is -3.15. The van der Waals surface area contributed by atoms with E-state index in [1.54, 1.807) is 0 Å². The first kappa shape index (κ1) is 15.4. The van der Waals surface area contributed by atoms with E-state index in [4.69, 9.17) is 0 Å². The van der Waals surface area contributed by atoms with E-state index in [0.29, 0.717) is 0 Å². The minimum atomic E-state index is -4.51. The van der Waals surface area contributed by atoms with Gasteiger partial charge in [0.15, 0.2) is 11.6 Å². The largest absolute Gasteiger partial charge is 0.416 e. The average molecular weight is 302 g/mol. The molecule has 2 aromatic carbocycles. The Balaban J connectivity index is 2.46. The van der Waals surface area contributed by atoms with Crippen LogP contribution < -0.4 is 0 Å². The van der Waals surface area contributed by atoms with E-state index in [1.165, 1.54) is 19.1 Å². The SMILES string of the molecule is CC(O)(c1ccc(C(F)(F)F)cc1)c1cccc(F)c1F. The fraction of sp³-hybridized carbons (Fsp3) is 0.200. The summed E-state index contributed by atoms with van der Waals surface area (Å²) >= 11 is 0. The summed E-state index contributed by atoms with van der Waals surface area (Å²) in [5.74, 6) is -2.37. The average Bonchev–Trinajstić information content (AvgIpc) is 2.41. The summed E-state index contributed by atoms with van der Waals surface area (Å²) < 4.78 is 64.4. The first-order valence-electron chi connectivity index (χ1n) is 5.98. The van der Waals surface area contributed by atoms with Gasteiger partial charge in [-0.25, -0.2) is 8.78 Å². The lowest BCUT2D eigenvalue weighted by molar-refractivity contribution is -0.137. The van der Waals surface area contributed by atoms with Crippen molar-refractivity contribution in [3.63, 3.8) is 0 Å². The first-order valence-corrected chi connectivity index (χ1v) is 5.98. The van der Waals surface area contributed by atoms with Crippen molar-refractivity contribution in [2.24, 2.45) is 0 Å². The number of halogens is 5. The van der Waals surface area contributed by atoms with E-state index in [9.17, 15) is 27.1 Å². The lowest BCUT2D eigenvalue weighted by Crippen LogP contribution is -2.25. The number of aliphatic hydroxyl groups is 1. The Hall–Kier alpha value is -1.95. The lowest BCUT2D eigenvalue weighted by Gasteiger charge is -2.25. The van der Waals surface area contributed by atoms with E-state index in [0.717, 1.165) is 30.3 Å². The van der Waals surface area contributed by atoms with Crippen LogP contribution in [0.15, 0.2) is 42.5 Å². The summed E-state index contributed by atoms with van der Waals surface area (Å²) in [5, 5.41) is 10.4. The normalized spacial score (nSPS) is 14.8. The zero-order valence-corrected chi connectivity index (χ0v) is 10.9. The molecule has 0 radical (unpaired) electrons. The zero-order valence-electron chi connectivity index (χ0n) is 10.9. The molecule has 1 nitrogen and oxygen atoms in total. The number of alkyl halides is 3. The van der Waals surface area contributed by atoms with Gasteiger partial charge < -0.3 is 5.11 Å². The maximum Gasteiger partial charge on any atom is 0.416 e. The molecule has 0 saturated carbocycles. The lowest BCUT2D eigenvalue weighted by atomic mass is 9.87. The molecule has 112 valence electrons. The molecule has 0 aliphatic carbocycles. The van der Waals surface area contributed by atoms with Crippen molar-refractivity contribution in [3.05, 3.63) is 70.8 Å². The molecule has 6 heteroatoms. The molecule has 1 N–H and O–H groups in total. The van der Waals surface area contributed by atoms with Crippen molar-refractivity contribution >= 4 is 0 Å². The van der Waals surface area contributed by atoms with E-state index < -0.39 is 29.0 Å². The van der Waals surface area contributed by atoms with E-state index in [2.05, 4.69) is 0 Å². The third-order valence-corrected chi connectivity index (χ3v) is 3.25. The highest BCUT2D eigenvalue weighted by Gasteiger charge is 2.33. The van der Waals surface area contributed by atoms with Gasteiger partial charge in [-0.15, -0.1) is 0 Å². The summed E-state index contributed by atoms with van der Waals surface area (Å²) in [6, 6.07) is 6.91. The van der Waals surface area contributed by atoms with Gasteiger partial charge in [-0.2, -0.15) is 13.2 Å². The first-order chi connectivity index (χ1) is 9.64. The Bertz CT molecular complexity index is 644. The second-order valence-electron chi connectivity index (χ2n) is 4.75. The van der Waals surface area contributed by atoms with Crippen molar-refractivity contribution in [2.75, 3.05) is 0 Å². The molecule has 0 amide bonds. The molecule has 21 heavy (non-hydrogen) atoms. The van der Waals surface area contributed by atoms with E-state index in [-0.39, 0.29) is 11.1 Å². The van der Waals surface area contributed by atoms with Crippen LogP contribution in [0.2, 0.25) is 0 Å². The van der Waals surface area contributed by atoms with Gasteiger partial charge in [-0.3, -0.25) is 0 Å². The van der Waals surface area contributed by atoms with Crippen LogP contribution >= 0.6 is 0 Å². The summed E-state index contributed by atoms with van der Waals surface area (Å²) in [4.78, 5) is 0. The van der Waals surface area contributed by atoms with Gasteiger partial charge in [-0.1, -0.05) is 24.3 Å². The van der Waals surface area contributed by atoms with Crippen LogP contribution in [0.25, 0.3) is 0 Å². The molecule has 0 bridgehead atoms. The molecule has 0 heterocycles. The Morgan fingerprint density at radius 3 is 1.90 bits per heavy atom. The monoisotopic (exact) mass is 302 g/mol. The minimum absolute atomic E-state index is 0.0278. The molecule has 0 spiro atoms. The molecule has 2 rings (SSSR count). The third kappa shape index (κ3) is 2.90. The van der Waals surface area contributed by atoms with Crippen molar-refractivity contribution in [1.82, 2.24) is 0 Å². The number of benzene rings is 2. The third-order valence-electron chi connectivity index (χ3n) is 3.25. The van der Waals surface area contributed by atoms with Gasteiger partial charge in [0, 0.05) is 5.56 Å². The number of hydrogen-bond donors (Lipinski definition) is 1. The van der Waals surface area contributed by atoms with Crippen molar-refractivity contribution in [1.29, 1.82) is 0 Å². The molecule has 0 aromatic heterocycles. The van der Waals surface area contributed by atoms with Gasteiger partial charge in [-0.05, 0) is 30.7 Å². The Labute approximate surface area is 117 Å². The predicted octanol–water partition coefficient (Wildman–Crippen LogP) is 4.24. The van der Waals surface area contributed by atoms with Crippen molar-refractivity contribution < 1.29 is 27.1 Å². The molecule has 0 aliphatic heterocycles. The highest BCUT2D eigenvalue weighted by atomic mass is 19.4. The van der Waals surface area contributed by atoms with Crippen molar-refractivity contribution in [3.8, 4) is 0 Å². The molecule has 1 atom stereocenters. The molecule has 0 aliphatic rings. The predicted molar refractivity (Wildman–Crippen MR) is 66.5 cm³/mol. The molecule has 2 aromatic rings. The van der Waals surface area contributed by atoms with Gasteiger partial charge >= 0.3 is 6.18 Å². The fourth-order valence-corrected chi connectivity index (χ4v) is 2.02.